The van der Waals surface area contributed by atoms with E-state index in [0.29, 0.717) is 67.2 Å². The van der Waals surface area contributed by atoms with Crippen molar-refractivity contribution < 1.29 is 37.7 Å². The molecule has 0 aliphatic carbocycles. The van der Waals surface area contributed by atoms with Crippen LogP contribution in [0.15, 0.2) is 9.53 Å². The first kappa shape index (κ1) is 48.8. The van der Waals surface area contributed by atoms with Crippen molar-refractivity contribution in [3.05, 3.63) is 15.1 Å². The van der Waals surface area contributed by atoms with Gasteiger partial charge in [-0.2, -0.15) is 14.0 Å². The van der Waals surface area contributed by atoms with Gasteiger partial charge in [-0.25, -0.2) is 14.7 Å². The molecule has 2 aromatic rings. The predicted molar refractivity (Wildman–Crippen MR) is 230 cm³/mol. The van der Waals surface area contributed by atoms with Crippen molar-refractivity contribution in [2.45, 2.75) is 119 Å². The number of hydrogen-bond acceptors (Lipinski definition) is 13. The second-order valence-electron chi connectivity index (χ2n) is 16.9. The number of H-pyrrole nitrogens is 1. The number of halogens is 1. The number of carbonyl (C=O) groups is 1. The fourth-order valence-electron chi connectivity index (χ4n) is 8.51. The molecule has 6 N–H and O–H groups in total. The Morgan fingerprint density at radius 2 is 1.57 bits per heavy atom. The molecule has 4 heterocycles. The molecule has 1 amide bonds. The van der Waals surface area contributed by atoms with Crippen molar-refractivity contribution in [3.63, 3.8) is 0 Å². The van der Waals surface area contributed by atoms with E-state index in [1.54, 1.807) is 0 Å². The Labute approximate surface area is 354 Å². The molecule has 19 heteroatoms. The topological polar surface area (TPSA) is 206 Å². The molecule has 0 bridgehead atoms. The number of carbonyl (C=O) groups excluding carboxylic acids is 1. The van der Waals surface area contributed by atoms with Crippen LogP contribution in [0.4, 0.5) is 10.7 Å². The number of hydrogen-bond donors (Lipinski definition) is 5. The number of aromatic nitrogens is 4. The zero-order valence-corrected chi connectivity index (χ0v) is 38.8. The lowest BCUT2D eigenvalue weighted by molar-refractivity contribution is -0.0613. The molecule has 2 radical (unpaired) electrons. The molecule has 13 atom stereocenters. The molecule has 2 aliphatic heterocycles. The summed E-state index contributed by atoms with van der Waals surface area (Å²) < 4.78 is 36.1. The first-order chi connectivity index (χ1) is 27.3. The Morgan fingerprint density at radius 3 is 2.14 bits per heavy atom. The number of amides is 1. The third-order valence-electron chi connectivity index (χ3n) is 13.9. The molecule has 58 heavy (non-hydrogen) atoms. The number of anilines is 1. The van der Waals surface area contributed by atoms with Crippen molar-refractivity contribution in [2.24, 2.45) is 47.3 Å². The summed E-state index contributed by atoms with van der Waals surface area (Å²) in [5.74, 6) is 4.45. The molecule has 0 saturated carbocycles. The van der Waals surface area contributed by atoms with E-state index >= 15 is 0 Å². The number of nitrogens with two attached hydrogens (primary N) is 1. The number of nitrogens with one attached hydrogen (secondary N) is 3. The van der Waals surface area contributed by atoms with Crippen LogP contribution in [0.1, 0.15) is 95.2 Å². The number of rotatable bonds is 22. The van der Waals surface area contributed by atoms with Crippen molar-refractivity contribution in [1.82, 2.24) is 30.2 Å². The molecule has 0 spiro atoms. The average molecular weight is 902 g/mol. The summed E-state index contributed by atoms with van der Waals surface area (Å²) in [5.41, 5.74) is 5.23. The van der Waals surface area contributed by atoms with Gasteiger partial charge in [0.1, 0.15) is 12.7 Å². The Balaban J connectivity index is 1.26. The number of fused-ring (bicyclic) bond motifs is 2. The van der Waals surface area contributed by atoms with Gasteiger partial charge in [0.15, 0.2) is 34.3 Å². The van der Waals surface area contributed by atoms with E-state index < -0.39 is 44.0 Å². The molecule has 0 aromatic carbocycles. The molecular formula is C39H69BBrN7O9P+. The van der Waals surface area contributed by atoms with Gasteiger partial charge in [-0.3, -0.25) is 14.3 Å². The first-order valence-corrected chi connectivity index (χ1v) is 23.4. The lowest BCUT2D eigenvalue weighted by atomic mass is 9.61. The van der Waals surface area contributed by atoms with E-state index in [1.165, 1.54) is 17.4 Å². The van der Waals surface area contributed by atoms with Gasteiger partial charge in [-0.05, 0) is 70.2 Å². The Morgan fingerprint density at radius 1 is 1.00 bits per heavy atom. The number of imidazole rings is 1. The van der Waals surface area contributed by atoms with E-state index in [-0.39, 0.29) is 47.1 Å². The minimum atomic E-state index is -3.71. The largest absolute Gasteiger partial charge is 0.488 e. The van der Waals surface area contributed by atoms with E-state index in [0.717, 1.165) is 6.54 Å². The van der Waals surface area contributed by atoms with Gasteiger partial charge in [0.05, 0.1) is 26.4 Å². The lowest BCUT2D eigenvalue weighted by Gasteiger charge is -2.50. The SMILES string of the molecule is [B][P+]1(O)OC[C@H]2O[C@@H](n3c(Br)nc4c(=O)[nH]c(N)nc43)C(OC(=O)NCCOCCOCCNC(C)(C(C)C(C)C(C)C(C)CC)C(C)C(C)C(C)C(C)CC)[C@@H]2O1. The van der Waals surface area contributed by atoms with Gasteiger partial charge in [0, 0.05) is 18.6 Å². The van der Waals surface area contributed by atoms with E-state index in [2.05, 4.69) is 118 Å². The summed E-state index contributed by atoms with van der Waals surface area (Å²) in [5, 5.41) is 6.66. The number of alkyl carbamates (subject to hydrolysis) is 1. The number of nitrogen functional groups attached to an aromatic ring is 1. The fourth-order valence-corrected chi connectivity index (χ4v) is 10.1. The maximum absolute atomic E-state index is 13.1. The van der Waals surface area contributed by atoms with Crippen molar-refractivity contribution in [1.29, 1.82) is 0 Å². The molecule has 2 saturated heterocycles. The molecule has 16 nitrogen and oxygen atoms in total. The molecule has 328 valence electrons. The smallest absolute Gasteiger partial charge is 0.438 e. The van der Waals surface area contributed by atoms with Gasteiger partial charge < -0.3 is 35.3 Å². The van der Waals surface area contributed by atoms with Crippen LogP contribution in [0.3, 0.4) is 0 Å². The Kier molecular flexibility index (Phi) is 17.9. The standard InChI is InChI=1S/C39H69BBrN7O9P/c1-12-21(3)23(5)25(7)27(9)39(11,28(10)26(8)24(6)22(4)13-2)44-15-17-53-19-18-52-16-14-43-38(50)56-32-31-29(20-54-58(40,51)57-31)55-35(32)48-33-30(45-36(48)41)34(49)47-37(42)46-33/h21-29,31-32,35,44,51H,12-20H2,1-11H3,(H,43,50)(H3,42,46,47,49)/q+1/t21?,22?,23?,24?,25?,26?,27?,28?,29-,31-,32?,35-,39?,58?/m1/s1. The van der Waals surface area contributed by atoms with Gasteiger partial charge in [0.2, 0.25) is 5.95 Å². The highest BCUT2D eigenvalue weighted by molar-refractivity contribution is 9.10. The highest BCUT2D eigenvalue weighted by Gasteiger charge is 2.59. The van der Waals surface area contributed by atoms with Gasteiger partial charge in [-0.15, -0.1) is 0 Å². The number of ether oxygens (including phenoxy) is 4. The third kappa shape index (κ3) is 11.5. The zero-order valence-electron chi connectivity index (χ0n) is 36.3. The van der Waals surface area contributed by atoms with Crippen LogP contribution in [-0.2, 0) is 28.0 Å². The minimum absolute atomic E-state index is 0.0172. The van der Waals surface area contributed by atoms with Gasteiger partial charge in [0.25, 0.3) is 5.56 Å². The molecule has 2 aromatic heterocycles. The zero-order chi connectivity index (χ0) is 43.1. The van der Waals surface area contributed by atoms with Crippen molar-refractivity contribution >= 4 is 54.5 Å². The molecule has 2 aliphatic rings. The Bertz CT molecular complexity index is 1660. The molecule has 2 fully saturated rings. The van der Waals surface area contributed by atoms with Crippen LogP contribution >= 0.6 is 23.8 Å². The van der Waals surface area contributed by atoms with E-state index in [9.17, 15) is 14.5 Å². The summed E-state index contributed by atoms with van der Waals surface area (Å²) in [6.45, 7) is 28.5. The summed E-state index contributed by atoms with van der Waals surface area (Å²) in [7, 11) is 2.10. The Hall–Kier alpha value is -1.89. The third-order valence-corrected chi connectivity index (χ3v) is 15.5. The predicted octanol–water partition coefficient (Wildman–Crippen LogP) is 6.00. The number of aromatic amines is 1. The van der Waals surface area contributed by atoms with E-state index in [1.807, 2.05) is 0 Å². The monoisotopic (exact) mass is 900 g/mol. The summed E-state index contributed by atoms with van der Waals surface area (Å²) in [6, 6.07) is 0. The second kappa shape index (κ2) is 21.3. The fraction of sp³-hybridized carbons (Fsp3) is 0.846. The van der Waals surface area contributed by atoms with E-state index in [4.69, 9.17) is 41.3 Å². The maximum Gasteiger partial charge on any atom is 0.488 e. The van der Waals surface area contributed by atoms with Crippen LogP contribution in [0, 0.1) is 47.3 Å². The van der Waals surface area contributed by atoms with Gasteiger partial charge >= 0.3 is 21.5 Å². The molecular weight excluding hydrogens is 832 g/mol. The first-order valence-electron chi connectivity index (χ1n) is 20.9. The van der Waals surface area contributed by atoms with Crippen LogP contribution < -0.4 is 21.9 Å². The number of nitrogens with zero attached hydrogens (tertiary/aromatic N) is 3. The van der Waals surface area contributed by atoms with Gasteiger partial charge in [-0.1, -0.05) is 82.1 Å². The average Bonchev–Trinajstić information content (AvgIpc) is 3.70. The highest BCUT2D eigenvalue weighted by atomic mass is 79.9. The van der Waals surface area contributed by atoms with Crippen molar-refractivity contribution in [2.75, 3.05) is 51.9 Å². The van der Waals surface area contributed by atoms with Crippen LogP contribution in [0.2, 0.25) is 0 Å². The second-order valence-corrected chi connectivity index (χ2v) is 19.2. The van der Waals surface area contributed by atoms with Crippen LogP contribution in [-0.4, -0.2) is 108 Å². The highest BCUT2D eigenvalue weighted by Crippen LogP contribution is 2.59. The van der Waals surface area contributed by atoms with Crippen LogP contribution in [0.25, 0.3) is 11.2 Å². The summed E-state index contributed by atoms with van der Waals surface area (Å²) in [4.78, 5) is 46.8. The van der Waals surface area contributed by atoms with Crippen LogP contribution in [0.5, 0.6) is 0 Å². The molecule has 4 rings (SSSR count). The lowest BCUT2D eigenvalue weighted by Crippen LogP contribution is -2.58. The molecule has 10 unspecified atom stereocenters. The quantitative estimate of drug-likeness (QED) is 0.0399. The summed E-state index contributed by atoms with van der Waals surface area (Å²) >= 11 is 3.34. The minimum Gasteiger partial charge on any atom is -0.438 e. The van der Waals surface area contributed by atoms with Crippen molar-refractivity contribution in [3.8, 4) is 0 Å². The summed E-state index contributed by atoms with van der Waals surface area (Å²) in [6.07, 6.45) is -2.47. The normalized spacial score (nSPS) is 27.5. The maximum atomic E-state index is 13.1.